The van der Waals surface area contributed by atoms with E-state index in [1.807, 2.05) is 60.9 Å². The summed E-state index contributed by atoms with van der Waals surface area (Å²) in [6.07, 6.45) is 4.78. The lowest BCUT2D eigenvalue weighted by molar-refractivity contribution is 0.242. The molecule has 6 nitrogen and oxygen atoms in total. The van der Waals surface area contributed by atoms with Gasteiger partial charge in [0.05, 0.1) is 25.6 Å². The van der Waals surface area contributed by atoms with E-state index in [0.717, 1.165) is 71.5 Å². The van der Waals surface area contributed by atoms with Crippen molar-refractivity contribution in [2.24, 2.45) is 0 Å². The summed E-state index contributed by atoms with van der Waals surface area (Å²) < 4.78 is 10.9. The Morgan fingerprint density at radius 3 is 2.53 bits per heavy atom. The van der Waals surface area contributed by atoms with E-state index >= 15 is 0 Å². The van der Waals surface area contributed by atoms with Gasteiger partial charge in [0.25, 0.3) is 0 Å². The number of hydrogen-bond acceptors (Lipinski definition) is 6. The number of pyridine rings is 1. The SMILES string of the molecule is COc1ccc(OC)c(-c2ccc(CN3CCc4nc(-c5ccc(Cl)cc5)ncc4C3)cn2)c1. The summed E-state index contributed by atoms with van der Waals surface area (Å²) in [4.78, 5) is 16.5. The number of aromatic nitrogens is 3. The molecule has 0 radical (unpaired) electrons. The molecule has 3 heterocycles. The smallest absolute Gasteiger partial charge is 0.159 e. The van der Waals surface area contributed by atoms with Crippen LogP contribution in [0.3, 0.4) is 0 Å². The maximum absolute atomic E-state index is 6.00. The van der Waals surface area contributed by atoms with Crippen molar-refractivity contribution in [3.63, 3.8) is 0 Å². The predicted octanol–water partition coefficient (Wildman–Crippen LogP) is 5.43. The van der Waals surface area contributed by atoms with Gasteiger partial charge in [-0.15, -0.1) is 0 Å². The largest absolute Gasteiger partial charge is 0.497 e. The highest BCUT2D eigenvalue weighted by Gasteiger charge is 2.19. The van der Waals surface area contributed by atoms with Gasteiger partial charge in [-0.1, -0.05) is 17.7 Å². The molecular weight excluding hydrogens is 448 g/mol. The molecule has 0 amide bonds. The molecule has 0 atom stereocenters. The number of methoxy groups -OCH3 is 2. The fourth-order valence-electron chi connectivity index (χ4n) is 4.20. The van der Waals surface area contributed by atoms with Crippen LogP contribution in [0.2, 0.25) is 5.02 Å². The third-order valence-corrected chi connectivity index (χ3v) is 6.28. The second-order valence-corrected chi connectivity index (χ2v) is 8.69. The molecule has 0 saturated carbocycles. The maximum atomic E-state index is 6.00. The summed E-state index contributed by atoms with van der Waals surface area (Å²) in [5, 5.41) is 0.711. The van der Waals surface area contributed by atoms with Gasteiger partial charge in [-0.05, 0) is 54.1 Å². The number of fused-ring (bicyclic) bond motifs is 1. The molecule has 2 aromatic heterocycles. The van der Waals surface area contributed by atoms with Gasteiger partial charge in [0, 0.05) is 60.2 Å². The molecule has 0 bridgehead atoms. The minimum absolute atomic E-state index is 0.711. The molecule has 0 N–H and O–H groups in total. The Hall–Kier alpha value is -3.48. The lowest BCUT2D eigenvalue weighted by Gasteiger charge is -2.28. The first-order valence-corrected chi connectivity index (χ1v) is 11.5. The molecule has 0 fully saturated rings. The van der Waals surface area contributed by atoms with Crippen molar-refractivity contribution in [1.29, 1.82) is 0 Å². The highest BCUT2D eigenvalue weighted by Crippen LogP contribution is 2.32. The van der Waals surface area contributed by atoms with Crippen LogP contribution in [0.25, 0.3) is 22.6 Å². The second-order valence-electron chi connectivity index (χ2n) is 8.25. The maximum Gasteiger partial charge on any atom is 0.159 e. The normalized spacial score (nSPS) is 13.4. The van der Waals surface area contributed by atoms with Gasteiger partial charge in [-0.3, -0.25) is 9.88 Å². The Balaban J connectivity index is 1.28. The zero-order valence-electron chi connectivity index (χ0n) is 19.2. The molecule has 0 unspecified atom stereocenters. The van der Waals surface area contributed by atoms with E-state index in [1.165, 1.54) is 5.56 Å². The third-order valence-electron chi connectivity index (χ3n) is 6.03. The average molecular weight is 473 g/mol. The summed E-state index contributed by atoms with van der Waals surface area (Å²) in [6.45, 7) is 2.58. The van der Waals surface area contributed by atoms with Crippen molar-refractivity contribution in [2.75, 3.05) is 20.8 Å². The van der Waals surface area contributed by atoms with Crippen molar-refractivity contribution < 1.29 is 9.47 Å². The summed E-state index contributed by atoms with van der Waals surface area (Å²) in [5.74, 6) is 2.29. The highest BCUT2D eigenvalue weighted by molar-refractivity contribution is 6.30. The van der Waals surface area contributed by atoms with Crippen LogP contribution < -0.4 is 9.47 Å². The van der Waals surface area contributed by atoms with Crippen molar-refractivity contribution in [1.82, 2.24) is 19.9 Å². The van der Waals surface area contributed by atoms with E-state index in [9.17, 15) is 0 Å². The number of ether oxygens (including phenoxy) is 2. The second kappa shape index (κ2) is 9.79. The van der Waals surface area contributed by atoms with E-state index in [4.69, 9.17) is 31.0 Å². The minimum Gasteiger partial charge on any atom is -0.497 e. The Bertz CT molecular complexity index is 1290. The lowest BCUT2D eigenvalue weighted by Crippen LogP contribution is -2.31. The summed E-state index contributed by atoms with van der Waals surface area (Å²) >= 11 is 6.00. The molecule has 0 aliphatic carbocycles. The summed E-state index contributed by atoms with van der Waals surface area (Å²) in [6, 6.07) is 17.5. The van der Waals surface area contributed by atoms with E-state index in [0.29, 0.717) is 5.02 Å². The molecule has 1 aliphatic rings. The van der Waals surface area contributed by atoms with Gasteiger partial charge in [0.2, 0.25) is 0 Å². The Labute approximate surface area is 204 Å². The topological polar surface area (TPSA) is 60.4 Å². The van der Waals surface area contributed by atoms with Crippen LogP contribution in [0, 0.1) is 0 Å². The van der Waals surface area contributed by atoms with Crippen LogP contribution in [-0.2, 0) is 19.5 Å². The molecule has 4 aromatic rings. The number of nitrogens with zero attached hydrogens (tertiary/aromatic N) is 4. The van der Waals surface area contributed by atoms with Gasteiger partial charge < -0.3 is 9.47 Å². The molecule has 0 spiro atoms. The fourth-order valence-corrected chi connectivity index (χ4v) is 4.32. The molecule has 172 valence electrons. The number of halogens is 1. The van der Waals surface area contributed by atoms with Crippen molar-refractivity contribution in [3.8, 4) is 34.1 Å². The minimum atomic E-state index is 0.711. The van der Waals surface area contributed by atoms with Gasteiger partial charge in [-0.2, -0.15) is 0 Å². The molecule has 1 aliphatic heterocycles. The van der Waals surface area contributed by atoms with Crippen LogP contribution in [0.15, 0.2) is 67.0 Å². The van der Waals surface area contributed by atoms with E-state index in [2.05, 4.69) is 16.0 Å². The standard InChI is InChI=1S/C27H25ClN4O2/c1-33-22-8-10-26(34-2)23(13-22)25-9-3-18(14-29-25)16-32-12-11-24-20(17-32)15-30-27(31-24)19-4-6-21(28)7-5-19/h3-10,13-15H,11-12,16-17H2,1-2H3. The lowest BCUT2D eigenvalue weighted by atomic mass is 10.1. The van der Waals surface area contributed by atoms with Crippen LogP contribution in [-0.4, -0.2) is 40.6 Å². The molecule has 2 aromatic carbocycles. The monoisotopic (exact) mass is 472 g/mol. The fraction of sp³-hybridized carbons (Fsp3) is 0.222. The first-order chi connectivity index (χ1) is 16.6. The molecule has 7 heteroatoms. The number of hydrogen-bond donors (Lipinski definition) is 0. The summed E-state index contributed by atoms with van der Waals surface area (Å²) in [5.41, 5.74) is 6.20. The van der Waals surface area contributed by atoms with Crippen LogP contribution in [0.4, 0.5) is 0 Å². The molecule has 5 rings (SSSR count). The van der Waals surface area contributed by atoms with Gasteiger partial charge in [-0.25, -0.2) is 9.97 Å². The third kappa shape index (κ3) is 4.74. The van der Waals surface area contributed by atoms with Crippen LogP contribution >= 0.6 is 11.6 Å². The first kappa shape index (κ1) is 22.3. The van der Waals surface area contributed by atoms with E-state index in [-0.39, 0.29) is 0 Å². The molecule has 0 saturated heterocycles. The Kier molecular flexibility index (Phi) is 6.43. The van der Waals surface area contributed by atoms with Gasteiger partial charge >= 0.3 is 0 Å². The first-order valence-electron chi connectivity index (χ1n) is 11.1. The Morgan fingerprint density at radius 2 is 1.79 bits per heavy atom. The molecule has 34 heavy (non-hydrogen) atoms. The highest BCUT2D eigenvalue weighted by atomic mass is 35.5. The number of rotatable bonds is 6. The van der Waals surface area contributed by atoms with Crippen molar-refractivity contribution >= 4 is 11.6 Å². The molecular formula is C27H25ClN4O2. The van der Waals surface area contributed by atoms with Gasteiger partial charge in [0.1, 0.15) is 11.5 Å². The zero-order chi connectivity index (χ0) is 23.5. The van der Waals surface area contributed by atoms with E-state index < -0.39 is 0 Å². The average Bonchev–Trinajstić information content (AvgIpc) is 2.89. The van der Waals surface area contributed by atoms with Crippen LogP contribution in [0.5, 0.6) is 11.5 Å². The zero-order valence-corrected chi connectivity index (χ0v) is 19.9. The quantitative estimate of drug-likeness (QED) is 0.372. The van der Waals surface area contributed by atoms with Crippen molar-refractivity contribution in [3.05, 3.63) is 88.8 Å². The van der Waals surface area contributed by atoms with Crippen molar-refractivity contribution in [2.45, 2.75) is 19.5 Å². The number of benzene rings is 2. The van der Waals surface area contributed by atoms with E-state index in [1.54, 1.807) is 14.2 Å². The Morgan fingerprint density at radius 1 is 0.941 bits per heavy atom. The summed E-state index contributed by atoms with van der Waals surface area (Å²) in [7, 11) is 3.32. The predicted molar refractivity (Wildman–Crippen MR) is 133 cm³/mol. The van der Waals surface area contributed by atoms with Gasteiger partial charge in [0.15, 0.2) is 5.82 Å². The van der Waals surface area contributed by atoms with Crippen LogP contribution in [0.1, 0.15) is 16.8 Å².